The van der Waals surface area contributed by atoms with Gasteiger partial charge in [-0.2, -0.15) is 0 Å². The molecule has 0 fully saturated rings. The monoisotopic (exact) mass is 185 g/mol. The summed E-state index contributed by atoms with van der Waals surface area (Å²) in [5.41, 5.74) is -0.692. The number of carboxylic acids is 1. The van der Waals surface area contributed by atoms with Gasteiger partial charge in [-0.1, -0.05) is 6.07 Å². The van der Waals surface area contributed by atoms with Gasteiger partial charge in [-0.25, -0.2) is 9.18 Å². The van der Waals surface area contributed by atoms with Crippen LogP contribution >= 0.6 is 0 Å². The molecule has 13 heavy (non-hydrogen) atoms. The summed E-state index contributed by atoms with van der Waals surface area (Å²) < 4.78 is 12.8. The summed E-state index contributed by atoms with van der Waals surface area (Å²) in [6.45, 7) is -0.981. The normalized spacial score (nSPS) is 9.92. The van der Waals surface area contributed by atoms with Gasteiger partial charge in [-0.3, -0.25) is 9.36 Å². The van der Waals surface area contributed by atoms with E-state index in [2.05, 4.69) is 0 Å². The molecule has 0 saturated carbocycles. The minimum atomic E-state index is -1.23. The van der Waals surface area contributed by atoms with Crippen molar-refractivity contribution in [3.63, 3.8) is 0 Å². The van der Waals surface area contributed by atoms with Crippen molar-refractivity contribution in [2.75, 3.05) is 6.67 Å². The lowest BCUT2D eigenvalue weighted by molar-refractivity contribution is 0.0683. The van der Waals surface area contributed by atoms with Crippen LogP contribution in [0, 0.1) is 0 Å². The third-order valence-electron chi connectivity index (χ3n) is 1.58. The maximum Gasteiger partial charge on any atom is 0.352 e. The van der Waals surface area contributed by atoms with Crippen LogP contribution < -0.4 is 5.56 Å². The molecule has 1 rings (SSSR count). The predicted octanol–water partition coefficient (Wildman–Crippen LogP) is 0.516. The number of hydrogen-bond donors (Lipinski definition) is 1. The van der Waals surface area contributed by atoms with E-state index in [0.29, 0.717) is 0 Å². The Kier molecular flexibility index (Phi) is 2.79. The van der Waals surface area contributed by atoms with E-state index in [9.17, 15) is 14.0 Å². The first-order valence-electron chi connectivity index (χ1n) is 3.66. The number of hydrogen-bond acceptors (Lipinski definition) is 2. The van der Waals surface area contributed by atoms with E-state index in [4.69, 9.17) is 5.11 Å². The molecule has 0 unspecified atom stereocenters. The predicted molar refractivity (Wildman–Crippen MR) is 43.6 cm³/mol. The van der Waals surface area contributed by atoms with Gasteiger partial charge in [0.15, 0.2) is 0 Å². The van der Waals surface area contributed by atoms with Crippen LogP contribution in [0.2, 0.25) is 0 Å². The summed E-state index contributed by atoms with van der Waals surface area (Å²) >= 11 is 0. The van der Waals surface area contributed by atoms with Gasteiger partial charge in [0, 0.05) is 6.07 Å². The van der Waals surface area contributed by atoms with Crippen molar-refractivity contribution in [1.82, 2.24) is 4.57 Å². The standard InChI is InChI=1S/C8H8FNO3/c9-4-5-10-6(8(12)13)2-1-3-7(10)11/h1-3H,4-5H2,(H,12,13). The van der Waals surface area contributed by atoms with Crippen LogP contribution in [-0.2, 0) is 6.54 Å². The smallest absolute Gasteiger partial charge is 0.352 e. The van der Waals surface area contributed by atoms with Crippen molar-refractivity contribution in [3.05, 3.63) is 34.2 Å². The lowest BCUT2D eigenvalue weighted by Crippen LogP contribution is -2.25. The summed E-state index contributed by atoms with van der Waals surface area (Å²) in [5, 5.41) is 8.63. The number of alkyl halides is 1. The van der Waals surface area contributed by atoms with Gasteiger partial charge in [0.05, 0.1) is 6.54 Å². The van der Waals surface area contributed by atoms with Gasteiger partial charge >= 0.3 is 5.97 Å². The molecule has 1 heterocycles. The third kappa shape index (κ3) is 1.93. The zero-order valence-corrected chi connectivity index (χ0v) is 6.74. The highest BCUT2D eigenvalue weighted by atomic mass is 19.1. The molecule has 0 aromatic carbocycles. The summed E-state index contributed by atoms with van der Waals surface area (Å²) in [6, 6.07) is 3.79. The van der Waals surface area contributed by atoms with Gasteiger partial charge in [0.1, 0.15) is 12.4 Å². The van der Waals surface area contributed by atoms with E-state index >= 15 is 0 Å². The molecule has 70 valence electrons. The first-order chi connectivity index (χ1) is 6.16. The van der Waals surface area contributed by atoms with Crippen LogP contribution in [0.15, 0.2) is 23.0 Å². The largest absolute Gasteiger partial charge is 0.477 e. The second-order valence-corrected chi connectivity index (χ2v) is 2.40. The zero-order valence-electron chi connectivity index (χ0n) is 6.74. The Morgan fingerprint density at radius 2 is 2.23 bits per heavy atom. The number of rotatable bonds is 3. The van der Waals surface area contributed by atoms with Gasteiger partial charge in [0.25, 0.3) is 5.56 Å². The van der Waals surface area contributed by atoms with Crippen molar-refractivity contribution in [3.8, 4) is 0 Å². The van der Waals surface area contributed by atoms with Crippen molar-refractivity contribution < 1.29 is 14.3 Å². The van der Waals surface area contributed by atoms with Crippen LogP contribution in [0.5, 0.6) is 0 Å². The molecule has 0 atom stereocenters. The fourth-order valence-corrected chi connectivity index (χ4v) is 1.02. The number of pyridine rings is 1. The quantitative estimate of drug-likeness (QED) is 0.746. The first-order valence-corrected chi connectivity index (χ1v) is 3.66. The van der Waals surface area contributed by atoms with Crippen LogP contribution in [-0.4, -0.2) is 22.3 Å². The van der Waals surface area contributed by atoms with Crippen molar-refractivity contribution in [1.29, 1.82) is 0 Å². The van der Waals surface area contributed by atoms with Crippen molar-refractivity contribution in [2.45, 2.75) is 6.54 Å². The topological polar surface area (TPSA) is 59.3 Å². The molecule has 0 amide bonds. The highest BCUT2D eigenvalue weighted by Crippen LogP contribution is 1.96. The number of aromatic carboxylic acids is 1. The van der Waals surface area contributed by atoms with E-state index < -0.39 is 18.2 Å². The van der Waals surface area contributed by atoms with E-state index in [1.54, 1.807) is 0 Å². The second-order valence-electron chi connectivity index (χ2n) is 2.40. The molecular weight excluding hydrogens is 177 g/mol. The van der Waals surface area contributed by atoms with Gasteiger partial charge in [0.2, 0.25) is 0 Å². The first kappa shape index (κ1) is 9.44. The summed E-state index contributed by atoms with van der Waals surface area (Å²) in [5.74, 6) is -1.23. The molecular formula is C8H8FNO3. The number of halogens is 1. The Morgan fingerprint density at radius 3 is 2.77 bits per heavy atom. The molecule has 0 aliphatic rings. The zero-order chi connectivity index (χ0) is 9.84. The number of carbonyl (C=O) groups is 1. The Balaban J connectivity index is 3.25. The van der Waals surface area contributed by atoms with Gasteiger partial charge in [-0.05, 0) is 6.07 Å². The molecule has 1 aromatic rings. The third-order valence-corrected chi connectivity index (χ3v) is 1.58. The highest BCUT2D eigenvalue weighted by Gasteiger charge is 2.09. The van der Waals surface area contributed by atoms with Gasteiger partial charge in [-0.15, -0.1) is 0 Å². The molecule has 0 aliphatic carbocycles. The van der Waals surface area contributed by atoms with Crippen LogP contribution in [0.1, 0.15) is 10.5 Å². The fraction of sp³-hybridized carbons (Fsp3) is 0.250. The Hall–Kier alpha value is -1.65. The molecule has 1 aromatic heterocycles. The minimum Gasteiger partial charge on any atom is -0.477 e. The van der Waals surface area contributed by atoms with E-state index in [1.165, 1.54) is 18.2 Å². The lowest BCUT2D eigenvalue weighted by atomic mass is 10.3. The SMILES string of the molecule is O=C(O)c1cccc(=O)n1CCF. The Bertz CT molecular complexity index is 372. The van der Waals surface area contributed by atoms with Crippen LogP contribution in [0.4, 0.5) is 4.39 Å². The maximum atomic E-state index is 11.9. The number of aromatic nitrogens is 1. The molecule has 5 heteroatoms. The average molecular weight is 185 g/mol. The maximum absolute atomic E-state index is 11.9. The highest BCUT2D eigenvalue weighted by molar-refractivity contribution is 5.85. The molecule has 0 saturated heterocycles. The lowest BCUT2D eigenvalue weighted by Gasteiger charge is -2.05. The molecule has 4 nitrogen and oxygen atoms in total. The van der Waals surface area contributed by atoms with E-state index in [-0.39, 0.29) is 12.2 Å². The fourth-order valence-electron chi connectivity index (χ4n) is 1.02. The molecule has 0 bridgehead atoms. The Labute approximate surface area is 73.2 Å². The summed E-state index contributed by atoms with van der Waals surface area (Å²) in [6.07, 6.45) is 0. The Morgan fingerprint density at radius 1 is 1.54 bits per heavy atom. The molecule has 0 spiro atoms. The number of carboxylic acid groups (broad SMARTS) is 1. The molecule has 1 N–H and O–H groups in total. The van der Waals surface area contributed by atoms with Crippen LogP contribution in [0.25, 0.3) is 0 Å². The summed E-state index contributed by atoms with van der Waals surface area (Å²) in [7, 11) is 0. The number of nitrogens with zero attached hydrogens (tertiary/aromatic N) is 1. The average Bonchev–Trinajstić information content (AvgIpc) is 2.08. The van der Waals surface area contributed by atoms with Crippen LogP contribution in [0.3, 0.4) is 0 Å². The minimum absolute atomic E-state index is 0.190. The molecule has 0 aliphatic heterocycles. The summed E-state index contributed by atoms with van der Waals surface area (Å²) in [4.78, 5) is 21.6. The van der Waals surface area contributed by atoms with Gasteiger partial charge < -0.3 is 5.11 Å². The second kappa shape index (κ2) is 3.84. The van der Waals surface area contributed by atoms with Crippen molar-refractivity contribution >= 4 is 5.97 Å². The van der Waals surface area contributed by atoms with E-state index in [0.717, 1.165) is 4.57 Å². The molecule has 0 radical (unpaired) electrons. The van der Waals surface area contributed by atoms with E-state index in [1.807, 2.05) is 0 Å². The van der Waals surface area contributed by atoms with Crippen molar-refractivity contribution in [2.24, 2.45) is 0 Å².